The van der Waals surface area contributed by atoms with E-state index < -0.39 is 41.6 Å². The maximum Gasteiger partial charge on any atom is 0.460 e. The Hall–Kier alpha value is -1.74. The number of hydrogen-bond donors (Lipinski definition) is 0. The third-order valence-electron chi connectivity index (χ3n) is 4.60. The first-order valence-corrected chi connectivity index (χ1v) is 7.52. The van der Waals surface area contributed by atoms with Crippen LogP contribution < -0.4 is 0 Å². The van der Waals surface area contributed by atoms with Gasteiger partial charge in [0.1, 0.15) is 0 Å². The largest absolute Gasteiger partial charge is 0.460 e. The number of benzene rings is 1. The van der Waals surface area contributed by atoms with Crippen molar-refractivity contribution in [3.8, 4) is 0 Å². The summed E-state index contributed by atoms with van der Waals surface area (Å²) in [7, 11) is 0. The zero-order valence-electron chi connectivity index (χ0n) is 13.2. The predicted molar refractivity (Wildman–Crippen MR) is 72.6 cm³/mol. The normalized spacial score (nSPS) is 22.3. The molecular formula is C16H13F9O. The second kappa shape index (κ2) is 6.16. The average Bonchev–Trinajstić information content (AvgIpc) is 2.52. The van der Waals surface area contributed by atoms with E-state index in [9.17, 15) is 44.3 Å². The summed E-state index contributed by atoms with van der Waals surface area (Å²) in [5, 5.41) is 0. The molecule has 0 fully saturated rings. The van der Waals surface area contributed by atoms with Gasteiger partial charge in [0.15, 0.2) is 5.78 Å². The van der Waals surface area contributed by atoms with Gasteiger partial charge in [0.05, 0.1) is 5.92 Å². The lowest BCUT2D eigenvalue weighted by atomic mass is 9.69. The van der Waals surface area contributed by atoms with Crippen LogP contribution in [-0.2, 0) is 6.42 Å². The second-order valence-corrected chi connectivity index (χ2v) is 6.14. The summed E-state index contributed by atoms with van der Waals surface area (Å²) < 4.78 is 119. The van der Waals surface area contributed by atoms with Crippen LogP contribution in [0, 0.1) is 11.8 Å². The van der Waals surface area contributed by atoms with Gasteiger partial charge in [-0.05, 0) is 17.9 Å². The molecule has 0 saturated heterocycles. The molecule has 146 valence electrons. The van der Waals surface area contributed by atoms with E-state index in [0.717, 1.165) is 6.07 Å². The number of fused-ring (bicyclic) bond motifs is 1. The van der Waals surface area contributed by atoms with E-state index in [0.29, 0.717) is 0 Å². The summed E-state index contributed by atoms with van der Waals surface area (Å²) in [5.41, 5.74) is -0.129. The van der Waals surface area contributed by atoms with Crippen LogP contribution in [0.3, 0.4) is 0 Å². The van der Waals surface area contributed by atoms with Crippen molar-refractivity contribution < 1.29 is 44.3 Å². The van der Waals surface area contributed by atoms with Crippen molar-refractivity contribution in [2.24, 2.45) is 11.8 Å². The molecule has 0 spiro atoms. The molecule has 0 bridgehead atoms. The van der Waals surface area contributed by atoms with Crippen molar-refractivity contribution in [2.75, 3.05) is 0 Å². The molecule has 1 aromatic rings. The molecular weight excluding hydrogens is 379 g/mol. The van der Waals surface area contributed by atoms with Crippen molar-refractivity contribution >= 4 is 5.78 Å². The van der Waals surface area contributed by atoms with Crippen LogP contribution in [-0.4, -0.2) is 29.7 Å². The minimum absolute atomic E-state index is 0.252. The zero-order valence-corrected chi connectivity index (χ0v) is 13.2. The minimum Gasteiger partial charge on any atom is -0.294 e. The molecule has 26 heavy (non-hydrogen) atoms. The highest BCUT2D eigenvalue weighted by Gasteiger charge is 2.83. The third-order valence-corrected chi connectivity index (χ3v) is 4.60. The van der Waals surface area contributed by atoms with Crippen molar-refractivity contribution in [1.82, 2.24) is 0 Å². The number of alkyl halides is 9. The summed E-state index contributed by atoms with van der Waals surface area (Å²) in [6.45, 7) is 1.26. The number of halogens is 9. The van der Waals surface area contributed by atoms with Gasteiger partial charge in [-0.3, -0.25) is 4.79 Å². The van der Waals surface area contributed by atoms with Crippen molar-refractivity contribution in [3.05, 3.63) is 35.4 Å². The molecule has 2 unspecified atom stereocenters. The molecule has 1 aromatic carbocycles. The Labute approximate surface area is 142 Å². The SMILES string of the molecule is CCC1Cc2ccccc2C(=O)C1C(F)(F)C(F)(F)C(F)(F)C(F)(F)F. The highest BCUT2D eigenvalue weighted by molar-refractivity contribution is 6.01. The molecule has 0 aromatic heterocycles. The summed E-state index contributed by atoms with van der Waals surface area (Å²) in [4.78, 5) is 12.3. The highest BCUT2D eigenvalue weighted by Crippen LogP contribution is 2.57. The molecule has 0 saturated carbocycles. The molecule has 0 aliphatic heterocycles. The lowest BCUT2D eigenvalue weighted by molar-refractivity contribution is -0.402. The lowest BCUT2D eigenvalue weighted by Crippen LogP contribution is -2.65. The summed E-state index contributed by atoms with van der Waals surface area (Å²) in [6, 6.07) is 5.14. The quantitative estimate of drug-likeness (QED) is 0.616. The van der Waals surface area contributed by atoms with Gasteiger partial charge in [-0.25, -0.2) is 0 Å². The zero-order chi connectivity index (χ0) is 20.1. The fraction of sp³-hybridized carbons (Fsp3) is 0.562. The molecule has 1 nitrogen and oxygen atoms in total. The molecule has 0 N–H and O–H groups in total. The van der Waals surface area contributed by atoms with E-state index in [4.69, 9.17) is 0 Å². The summed E-state index contributed by atoms with van der Waals surface area (Å²) in [6.07, 6.45) is -7.50. The van der Waals surface area contributed by atoms with E-state index >= 15 is 0 Å². The number of ketones is 1. The van der Waals surface area contributed by atoms with Crippen molar-refractivity contribution in [2.45, 2.75) is 43.7 Å². The van der Waals surface area contributed by atoms with Crippen molar-refractivity contribution in [1.29, 1.82) is 0 Å². The van der Waals surface area contributed by atoms with Crippen LogP contribution in [0.4, 0.5) is 39.5 Å². The van der Waals surface area contributed by atoms with Crippen molar-refractivity contribution in [3.63, 3.8) is 0 Å². The predicted octanol–water partition coefficient (Wildman–Crippen LogP) is 5.54. The number of rotatable bonds is 4. The number of carbonyl (C=O) groups is 1. The van der Waals surface area contributed by atoms with Crippen LogP contribution in [0.25, 0.3) is 0 Å². The van der Waals surface area contributed by atoms with Crippen LogP contribution in [0.15, 0.2) is 24.3 Å². The molecule has 2 atom stereocenters. The minimum atomic E-state index is -7.00. The van der Waals surface area contributed by atoms with E-state index in [2.05, 4.69) is 0 Å². The van der Waals surface area contributed by atoms with Gasteiger partial charge in [0.25, 0.3) is 0 Å². The number of Topliss-reactive ketones (excluding diaryl/α,β-unsaturated/α-hetero) is 1. The maximum atomic E-state index is 14.3. The van der Waals surface area contributed by atoms with Gasteiger partial charge in [-0.1, -0.05) is 37.6 Å². The second-order valence-electron chi connectivity index (χ2n) is 6.14. The molecule has 0 amide bonds. The standard InChI is InChI=1S/C16H13F9O/c1-2-8-7-9-5-3-4-6-10(9)12(26)11(8)13(17,18)14(19,20)15(21,22)16(23,24)25/h3-6,8,11H,2,7H2,1H3. The molecule has 2 rings (SSSR count). The number of hydrogen-bond acceptors (Lipinski definition) is 1. The highest BCUT2D eigenvalue weighted by atomic mass is 19.4. The first-order valence-electron chi connectivity index (χ1n) is 7.52. The fourth-order valence-corrected chi connectivity index (χ4v) is 3.14. The Bertz CT molecular complexity index is 693. The van der Waals surface area contributed by atoms with Gasteiger partial charge >= 0.3 is 23.9 Å². The van der Waals surface area contributed by atoms with Gasteiger partial charge < -0.3 is 0 Å². The Morgan fingerprint density at radius 2 is 1.46 bits per heavy atom. The van der Waals surface area contributed by atoms with Gasteiger partial charge in [0, 0.05) is 5.56 Å². The van der Waals surface area contributed by atoms with Gasteiger partial charge in [0.2, 0.25) is 0 Å². The first kappa shape index (κ1) is 20.6. The van der Waals surface area contributed by atoms with E-state index in [-0.39, 0.29) is 24.0 Å². The molecule has 0 heterocycles. The van der Waals surface area contributed by atoms with Crippen LogP contribution in [0.2, 0.25) is 0 Å². The third kappa shape index (κ3) is 2.77. The maximum absolute atomic E-state index is 14.3. The monoisotopic (exact) mass is 392 g/mol. The molecule has 1 aliphatic rings. The van der Waals surface area contributed by atoms with E-state index in [1.165, 1.54) is 25.1 Å². The fourth-order valence-electron chi connectivity index (χ4n) is 3.14. The average molecular weight is 392 g/mol. The van der Waals surface area contributed by atoms with Crippen LogP contribution in [0.5, 0.6) is 0 Å². The first-order chi connectivity index (χ1) is 11.7. The number of carbonyl (C=O) groups excluding carboxylic acids is 1. The Morgan fingerprint density at radius 3 is 1.96 bits per heavy atom. The topological polar surface area (TPSA) is 17.1 Å². The van der Waals surface area contributed by atoms with E-state index in [1.807, 2.05) is 0 Å². The molecule has 0 radical (unpaired) electrons. The smallest absolute Gasteiger partial charge is 0.294 e. The molecule has 1 aliphatic carbocycles. The van der Waals surface area contributed by atoms with Gasteiger partial charge in [-0.2, -0.15) is 39.5 Å². The van der Waals surface area contributed by atoms with Crippen LogP contribution in [0.1, 0.15) is 29.3 Å². The lowest BCUT2D eigenvalue weighted by Gasteiger charge is -2.41. The van der Waals surface area contributed by atoms with Crippen LogP contribution >= 0.6 is 0 Å². The Balaban J connectivity index is 2.58. The van der Waals surface area contributed by atoms with E-state index in [1.54, 1.807) is 0 Å². The Morgan fingerprint density at radius 1 is 0.923 bits per heavy atom. The summed E-state index contributed by atoms with van der Waals surface area (Å²) in [5.74, 6) is -25.8. The Kier molecular flexibility index (Phi) is 4.87. The van der Waals surface area contributed by atoms with Gasteiger partial charge in [-0.15, -0.1) is 0 Å². The molecule has 10 heteroatoms. The summed E-state index contributed by atoms with van der Waals surface area (Å²) >= 11 is 0.